The molecular formula is C7H15NO. The molecule has 0 aromatic rings. The molecule has 0 unspecified atom stereocenters. The topological polar surface area (TPSA) is 23.5 Å². The Morgan fingerprint density at radius 1 is 1.67 bits per heavy atom. The van der Waals surface area contributed by atoms with Crippen molar-refractivity contribution in [1.82, 2.24) is 5.06 Å². The van der Waals surface area contributed by atoms with Crippen LogP contribution in [0.25, 0.3) is 0 Å². The van der Waals surface area contributed by atoms with Crippen LogP contribution in [0.5, 0.6) is 0 Å². The SMILES string of the molecule is C=C(C)CN(O)C(C)C. The molecule has 0 amide bonds. The normalized spacial score (nSPS) is 10.9. The van der Waals surface area contributed by atoms with E-state index in [4.69, 9.17) is 5.21 Å². The van der Waals surface area contributed by atoms with Gasteiger partial charge in [0, 0.05) is 12.6 Å². The summed E-state index contributed by atoms with van der Waals surface area (Å²) in [5.41, 5.74) is 0.978. The minimum atomic E-state index is 0.182. The molecular weight excluding hydrogens is 114 g/mol. The Kier molecular flexibility index (Phi) is 3.50. The minimum absolute atomic E-state index is 0.182. The van der Waals surface area contributed by atoms with Crippen LogP contribution in [0.1, 0.15) is 20.8 Å². The summed E-state index contributed by atoms with van der Waals surface area (Å²) in [5, 5.41) is 10.3. The fourth-order valence-corrected chi connectivity index (χ4v) is 0.459. The van der Waals surface area contributed by atoms with E-state index in [1.807, 2.05) is 20.8 Å². The van der Waals surface area contributed by atoms with Gasteiger partial charge in [0.2, 0.25) is 0 Å². The number of hydrogen-bond donors (Lipinski definition) is 1. The molecule has 9 heavy (non-hydrogen) atoms. The van der Waals surface area contributed by atoms with Crippen LogP contribution < -0.4 is 0 Å². The van der Waals surface area contributed by atoms with Gasteiger partial charge in [0.1, 0.15) is 0 Å². The van der Waals surface area contributed by atoms with Gasteiger partial charge in [0.25, 0.3) is 0 Å². The summed E-state index contributed by atoms with van der Waals surface area (Å²) >= 11 is 0. The lowest BCUT2D eigenvalue weighted by Crippen LogP contribution is -2.28. The lowest BCUT2D eigenvalue weighted by Gasteiger charge is -2.17. The van der Waals surface area contributed by atoms with Gasteiger partial charge in [-0.05, 0) is 20.8 Å². The van der Waals surface area contributed by atoms with E-state index < -0.39 is 0 Å². The molecule has 0 spiro atoms. The Hall–Kier alpha value is -0.340. The molecule has 0 fully saturated rings. The van der Waals surface area contributed by atoms with Gasteiger partial charge in [0.05, 0.1) is 0 Å². The first kappa shape index (κ1) is 8.66. The molecule has 0 rings (SSSR count). The molecule has 1 N–H and O–H groups in total. The van der Waals surface area contributed by atoms with Crippen LogP contribution in [0.2, 0.25) is 0 Å². The van der Waals surface area contributed by atoms with Crippen molar-refractivity contribution in [2.24, 2.45) is 0 Å². The van der Waals surface area contributed by atoms with Crippen LogP contribution in [-0.4, -0.2) is 22.9 Å². The van der Waals surface area contributed by atoms with Crippen LogP contribution >= 0.6 is 0 Å². The average Bonchev–Trinajstić information content (AvgIpc) is 1.63. The summed E-state index contributed by atoms with van der Waals surface area (Å²) < 4.78 is 0. The molecule has 2 heteroatoms. The highest BCUT2D eigenvalue weighted by Crippen LogP contribution is 1.96. The zero-order valence-corrected chi connectivity index (χ0v) is 6.39. The van der Waals surface area contributed by atoms with Gasteiger partial charge >= 0.3 is 0 Å². The fraction of sp³-hybridized carbons (Fsp3) is 0.714. The predicted molar refractivity (Wildman–Crippen MR) is 38.4 cm³/mol. The number of nitrogens with zero attached hydrogens (tertiary/aromatic N) is 1. The Bertz CT molecular complexity index is 99.1. The highest BCUT2D eigenvalue weighted by molar-refractivity contribution is 4.90. The molecule has 0 bridgehead atoms. The van der Waals surface area contributed by atoms with Crippen molar-refractivity contribution in [3.05, 3.63) is 12.2 Å². The minimum Gasteiger partial charge on any atom is -0.313 e. The maximum absolute atomic E-state index is 9.07. The van der Waals surface area contributed by atoms with E-state index in [1.54, 1.807) is 0 Å². The number of hydrogen-bond acceptors (Lipinski definition) is 2. The summed E-state index contributed by atoms with van der Waals surface area (Å²) in [5.74, 6) is 0. The first-order chi connectivity index (χ1) is 4.04. The third-order valence-electron chi connectivity index (χ3n) is 1.03. The van der Waals surface area contributed by atoms with Gasteiger partial charge in [-0.2, -0.15) is 5.06 Å². The van der Waals surface area contributed by atoms with Crippen molar-refractivity contribution >= 4 is 0 Å². The highest BCUT2D eigenvalue weighted by Gasteiger charge is 2.03. The Balaban J connectivity index is 3.50. The zero-order valence-electron chi connectivity index (χ0n) is 6.39. The molecule has 0 saturated heterocycles. The van der Waals surface area contributed by atoms with E-state index in [0.717, 1.165) is 5.57 Å². The molecule has 0 aliphatic carbocycles. The predicted octanol–water partition coefficient (Wildman–Crippen LogP) is 1.66. The van der Waals surface area contributed by atoms with Gasteiger partial charge in [0.15, 0.2) is 0 Å². The molecule has 2 nitrogen and oxygen atoms in total. The molecule has 0 radical (unpaired) electrons. The third-order valence-corrected chi connectivity index (χ3v) is 1.03. The summed E-state index contributed by atoms with van der Waals surface area (Å²) in [7, 11) is 0. The summed E-state index contributed by atoms with van der Waals surface area (Å²) in [6.07, 6.45) is 0. The van der Waals surface area contributed by atoms with Crippen molar-refractivity contribution in [3.63, 3.8) is 0 Å². The van der Waals surface area contributed by atoms with E-state index in [2.05, 4.69) is 6.58 Å². The van der Waals surface area contributed by atoms with Crippen LogP contribution in [0.4, 0.5) is 0 Å². The van der Waals surface area contributed by atoms with E-state index >= 15 is 0 Å². The van der Waals surface area contributed by atoms with Gasteiger partial charge < -0.3 is 5.21 Å². The second-order valence-electron chi connectivity index (χ2n) is 2.65. The van der Waals surface area contributed by atoms with E-state index in [1.165, 1.54) is 5.06 Å². The maximum Gasteiger partial charge on any atom is 0.0445 e. The van der Waals surface area contributed by atoms with Crippen molar-refractivity contribution in [1.29, 1.82) is 0 Å². The van der Waals surface area contributed by atoms with E-state index in [-0.39, 0.29) is 6.04 Å². The van der Waals surface area contributed by atoms with Crippen molar-refractivity contribution < 1.29 is 5.21 Å². The molecule has 0 aromatic carbocycles. The number of hydroxylamine groups is 2. The summed E-state index contributed by atoms with van der Waals surface area (Å²) in [6, 6.07) is 0.182. The van der Waals surface area contributed by atoms with Crippen molar-refractivity contribution in [2.75, 3.05) is 6.54 Å². The second kappa shape index (κ2) is 3.64. The van der Waals surface area contributed by atoms with Gasteiger partial charge in [-0.1, -0.05) is 12.2 Å². The van der Waals surface area contributed by atoms with Crippen LogP contribution in [0.3, 0.4) is 0 Å². The first-order valence-corrected chi connectivity index (χ1v) is 3.14. The Morgan fingerprint density at radius 3 is 2.22 bits per heavy atom. The van der Waals surface area contributed by atoms with Crippen LogP contribution in [-0.2, 0) is 0 Å². The third kappa shape index (κ3) is 4.18. The smallest absolute Gasteiger partial charge is 0.0445 e. The fourth-order valence-electron chi connectivity index (χ4n) is 0.459. The molecule has 0 heterocycles. The standard InChI is InChI=1S/C7H15NO/c1-6(2)5-8(9)7(3)4/h7,9H,1,5H2,2-4H3. The van der Waals surface area contributed by atoms with Crippen molar-refractivity contribution in [2.45, 2.75) is 26.8 Å². The second-order valence-corrected chi connectivity index (χ2v) is 2.65. The highest BCUT2D eigenvalue weighted by atomic mass is 16.5. The molecule has 0 aliphatic rings. The molecule has 54 valence electrons. The van der Waals surface area contributed by atoms with Gasteiger partial charge in [-0.25, -0.2) is 0 Å². The maximum atomic E-state index is 9.07. The largest absolute Gasteiger partial charge is 0.313 e. The lowest BCUT2D eigenvalue weighted by atomic mass is 10.3. The summed E-state index contributed by atoms with van der Waals surface area (Å²) in [6.45, 7) is 10.0. The first-order valence-electron chi connectivity index (χ1n) is 3.14. The zero-order chi connectivity index (χ0) is 7.44. The number of rotatable bonds is 3. The summed E-state index contributed by atoms with van der Waals surface area (Å²) in [4.78, 5) is 0. The van der Waals surface area contributed by atoms with Gasteiger partial charge in [-0.3, -0.25) is 0 Å². The van der Waals surface area contributed by atoms with Gasteiger partial charge in [-0.15, -0.1) is 0 Å². The molecule has 0 atom stereocenters. The van der Waals surface area contributed by atoms with Crippen molar-refractivity contribution in [3.8, 4) is 0 Å². The Morgan fingerprint density at radius 2 is 2.11 bits per heavy atom. The van der Waals surface area contributed by atoms with E-state index in [0.29, 0.717) is 6.54 Å². The lowest BCUT2D eigenvalue weighted by molar-refractivity contribution is -0.108. The van der Waals surface area contributed by atoms with Crippen LogP contribution in [0.15, 0.2) is 12.2 Å². The van der Waals surface area contributed by atoms with E-state index in [9.17, 15) is 0 Å². The molecule has 0 aromatic heterocycles. The Labute approximate surface area is 56.7 Å². The molecule has 0 aliphatic heterocycles. The quantitative estimate of drug-likeness (QED) is 0.462. The molecule has 0 saturated carbocycles. The average molecular weight is 129 g/mol. The van der Waals surface area contributed by atoms with Crippen LogP contribution in [0, 0.1) is 0 Å². The monoisotopic (exact) mass is 129 g/mol.